The van der Waals surface area contributed by atoms with Crippen LogP contribution in [0.3, 0.4) is 0 Å². The molecule has 113 valence electrons. The normalized spacial score (nSPS) is 21.1. The minimum Gasteiger partial charge on any atom is -0.459 e. The zero-order valence-electron chi connectivity index (χ0n) is 12.3. The Morgan fingerprint density at radius 1 is 1.19 bits per heavy atom. The number of aliphatic imine (C=N–C) groups is 1. The molecule has 1 amide bonds. The van der Waals surface area contributed by atoms with Gasteiger partial charge in [-0.1, -0.05) is 19.3 Å². The molecule has 0 spiro atoms. The summed E-state index contributed by atoms with van der Waals surface area (Å²) >= 11 is 0. The summed E-state index contributed by atoms with van der Waals surface area (Å²) < 4.78 is 5.16. The van der Waals surface area contributed by atoms with Gasteiger partial charge in [-0.2, -0.15) is 0 Å². The van der Waals surface area contributed by atoms with E-state index in [4.69, 9.17) is 4.42 Å². The molecule has 1 aromatic rings. The summed E-state index contributed by atoms with van der Waals surface area (Å²) in [6.45, 7) is 2.99. The predicted molar refractivity (Wildman–Crippen MR) is 80.5 cm³/mol. The lowest BCUT2D eigenvalue weighted by Gasteiger charge is -2.32. The summed E-state index contributed by atoms with van der Waals surface area (Å²) in [5.74, 6) is 0.396. The van der Waals surface area contributed by atoms with Gasteiger partial charge in [0.15, 0.2) is 12.1 Å². The summed E-state index contributed by atoms with van der Waals surface area (Å²) in [5, 5.41) is 0. The Hall–Kier alpha value is -1.78. The second-order valence-corrected chi connectivity index (χ2v) is 5.78. The van der Waals surface area contributed by atoms with Crippen molar-refractivity contribution in [2.24, 2.45) is 4.99 Å². The van der Waals surface area contributed by atoms with Crippen molar-refractivity contribution >= 4 is 12.2 Å². The van der Waals surface area contributed by atoms with Crippen LogP contribution in [0.1, 0.15) is 42.7 Å². The van der Waals surface area contributed by atoms with Crippen molar-refractivity contribution in [1.29, 1.82) is 0 Å². The molecular weight excluding hydrogens is 266 g/mol. The van der Waals surface area contributed by atoms with Crippen molar-refractivity contribution in [3.05, 3.63) is 24.2 Å². The molecular formula is C16H22N3O2. The first kappa shape index (κ1) is 14.2. The molecule has 2 fully saturated rings. The molecule has 1 radical (unpaired) electrons. The van der Waals surface area contributed by atoms with Crippen molar-refractivity contribution in [2.75, 3.05) is 26.2 Å². The minimum absolute atomic E-state index is 0.0242. The standard InChI is InChI=1S/C16H22N3O2/c20-16(15-7-4-12-21-15)19-10-8-18(9-11-19)13-17-14-5-2-1-3-6-14/h4,7,12,14H,1-3,5-6,8-11H2. The summed E-state index contributed by atoms with van der Waals surface area (Å²) in [6.07, 6.45) is 11.0. The Morgan fingerprint density at radius 3 is 2.62 bits per heavy atom. The number of amides is 1. The number of piperazine rings is 1. The number of carbonyl (C=O) groups is 1. The smallest absolute Gasteiger partial charge is 0.289 e. The second kappa shape index (κ2) is 6.78. The Balaban J connectivity index is 1.46. The Labute approximate surface area is 125 Å². The van der Waals surface area contributed by atoms with E-state index in [1.165, 1.54) is 38.4 Å². The lowest BCUT2D eigenvalue weighted by molar-refractivity contribution is 0.0662. The fraction of sp³-hybridized carbons (Fsp3) is 0.625. The molecule has 1 aliphatic carbocycles. The summed E-state index contributed by atoms with van der Waals surface area (Å²) in [6, 6.07) is 3.92. The highest BCUT2D eigenvalue weighted by atomic mass is 16.3. The maximum atomic E-state index is 12.1. The van der Waals surface area contributed by atoms with E-state index in [0.29, 0.717) is 24.9 Å². The first-order valence-corrected chi connectivity index (χ1v) is 7.86. The highest BCUT2D eigenvalue weighted by Crippen LogP contribution is 2.20. The van der Waals surface area contributed by atoms with Crippen LogP contribution in [0.15, 0.2) is 27.8 Å². The van der Waals surface area contributed by atoms with Crippen molar-refractivity contribution in [3.63, 3.8) is 0 Å². The van der Waals surface area contributed by atoms with Crippen LogP contribution in [-0.4, -0.2) is 54.3 Å². The van der Waals surface area contributed by atoms with Gasteiger partial charge in [-0.15, -0.1) is 0 Å². The minimum atomic E-state index is -0.0242. The van der Waals surface area contributed by atoms with E-state index >= 15 is 0 Å². The second-order valence-electron chi connectivity index (χ2n) is 5.78. The van der Waals surface area contributed by atoms with E-state index in [0.717, 1.165) is 13.1 Å². The van der Waals surface area contributed by atoms with E-state index in [9.17, 15) is 4.79 Å². The van der Waals surface area contributed by atoms with Gasteiger partial charge in [0.05, 0.1) is 12.3 Å². The number of hydrogen-bond donors (Lipinski definition) is 0. The highest BCUT2D eigenvalue weighted by molar-refractivity contribution is 5.91. The molecule has 0 N–H and O–H groups in total. The molecule has 1 aliphatic heterocycles. The molecule has 3 rings (SSSR count). The molecule has 5 heteroatoms. The van der Waals surface area contributed by atoms with Crippen LogP contribution >= 0.6 is 0 Å². The van der Waals surface area contributed by atoms with E-state index < -0.39 is 0 Å². The monoisotopic (exact) mass is 288 g/mol. The number of furan rings is 1. The molecule has 1 saturated carbocycles. The third-order valence-electron chi connectivity index (χ3n) is 4.26. The lowest BCUT2D eigenvalue weighted by Crippen LogP contribution is -2.48. The zero-order chi connectivity index (χ0) is 14.5. The van der Waals surface area contributed by atoms with Crippen molar-refractivity contribution < 1.29 is 9.21 Å². The van der Waals surface area contributed by atoms with Crippen LogP contribution < -0.4 is 0 Å². The van der Waals surface area contributed by atoms with E-state index in [1.54, 1.807) is 12.1 Å². The van der Waals surface area contributed by atoms with Gasteiger partial charge in [-0.05, 0) is 25.0 Å². The number of nitrogens with zero attached hydrogens (tertiary/aromatic N) is 3. The highest BCUT2D eigenvalue weighted by Gasteiger charge is 2.23. The van der Waals surface area contributed by atoms with Gasteiger partial charge in [0.2, 0.25) is 0 Å². The molecule has 0 bridgehead atoms. The largest absolute Gasteiger partial charge is 0.459 e. The molecule has 1 saturated heterocycles. The Bertz CT molecular complexity index is 470. The molecule has 0 unspecified atom stereocenters. The molecule has 5 nitrogen and oxygen atoms in total. The van der Waals surface area contributed by atoms with Crippen molar-refractivity contribution in [2.45, 2.75) is 38.1 Å². The molecule has 1 aromatic heterocycles. The summed E-state index contributed by atoms with van der Waals surface area (Å²) in [7, 11) is 0. The SMILES string of the molecule is O=C(c1ccco1)N1CCN(/[C]=N\C2CCCCC2)CC1. The van der Waals surface area contributed by atoms with E-state index in [1.807, 2.05) is 4.90 Å². The van der Waals surface area contributed by atoms with Gasteiger partial charge in [0.1, 0.15) is 0 Å². The van der Waals surface area contributed by atoms with Gasteiger partial charge >= 0.3 is 0 Å². The zero-order valence-corrected chi connectivity index (χ0v) is 12.3. The summed E-state index contributed by atoms with van der Waals surface area (Å²) in [4.78, 5) is 20.7. The van der Waals surface area contributed by atoms with Crippen LogP contribution in [-0.2, 0) is 0 Å². The summed E-state index contributed by atoms with van der Waals surface area (Å²) in [5.41, 5.74) is 0. The van der Waals surface area contributed by atoms with Gasteiger partial charge in [-0.25, -0.2) is 0 Å². The molecule has 21 heavy (non-hydrogen) atoms. The third-order valence-corrected chi connectivity index (χ3v) is 4.26. The number of carbonyl (C=O) groups excluding carboxylic acids is 1. The Morgan fingerprint density at radius 2 is 1.95 bits per heavy atom. The maximum absolute atomic E-state index is 12.1. The fourth-order valence-corrected chi connectivity index (χ4v) is 2.94. The average molecular weight is 288 g/mol. The quantitative estimate of drug-likeness (QED) is 0.633. The van der Waals surface area contributed by atoms with E-state index in [-0.39, 0.29) is 5.91 Å². The maximum Gasteiger partial charge on any atom is 0.289 e. The van der Waals surface area contributed by atoms with Gasteiger partial charge < -0.3 is 14.2 Å². The molecule has 0 atom stereocenters. The lowest BCUT2D eigenvalue weighted by atomic mass is 9.96. The van der Waals surface area contributed by atoms with Crippen molar-refractivity contribution in [1.82, 2.24) is 9.80 Å². The van der Waals surface area contributed by atoms with Crippen LogP contribution in [0, 0.1) is 0 Å². The Kier molecular flexibility index (Phi) is 4.58. The van der Waals surface area contributed by atoms with Gasteiger partial charge in [0, 0.05) is 26.2 Å². The van der Waals surface area contributed by atoms with Crippen LogP contribution in [0.4, 0.5) is 0 Å². The van der Waals surface area contributed by atoms with Gasteiger partial charge in [-0.3, -0.25) is 9.79 Å². The topological polar surface area (TPSA) is 49.1 Å². The van der Waals surface area contributed by atoms with Crippen LogP contribution in [0.5, 0.6) is 0 Å². The van der Waals surface area contributed by atoms with Gasteiger partial charge in [0.25, 0.3) is 5.91 Å². The van der Waals surface area contributed by atoms with Crippen molar-refractivity contribution in [3.8, 4) is 0 Å². The first-order valence-electron chi connectivity index (χ1n) is 7.86. The molecule has 2 aliphatic rings. The third kappa shape index (κ3) is 3.65. The number of rotatable bonds is 3. The number of hydrogen-bond acceptors (Lipinski definition) is 3. The van der Waals surface area contributed by atoms with Crippen LogP contribution in [0.2, 0.25) is 0 Å². The van der Waals surface area contributed by atoms with Crippen LogP contribution in [0.25, 0.3) is 0 Å². The molecule has 0 aromatic carbocycles. The van der Waals surface area contributed by atoms with E-state index in [2.05, 4.69) is 16.2 Å². The average Bonchev–Trinajstić information content (AvgIpc) is 3.08. The first-order chi connectivity index (χ1) is 10.3. The fourth-order valence-electron chi connectivity index (χ4n) is 2.94. The molecule has 2 heterocycles. The predicted octanol–water partition coefficient (Wildman–Crippen LogP) is 2.28.